The molecule has 0 N–H and O–H groups in total. The van der Waals surface area contributed by atoms with Crippen LogP contribution in [0.2, 0.25) is 0 Å². The normalized spacial score (nSPS) is 0. The van der Waals surface area contributed by atoms with Crippen LogP contribution in [0.15, 0.2) is 0 Å². The first kappa shape index (κ1) is 39.3. The van der Waals surface area contributed by atoms with Crippen molar-refractivity contribution in [3.8, 4) is 0 Å². The average Bonchev–Trinajstić information content (AvgIpc) is 0. The van der Waals surface area contributed by atoms with Gasteiger partial charge < -0.3 is 0 Å². The Hall–Kier alpha value is 1.90. The van der Waals surface area contributed by atoms with Gasteiger partial charge in [-0.2, -0.15) is 0 Å². The number of hydrogen-bond donors (Lipinski definition) is 0. The van der Waals surface area contributed by atoms with Gasteiger partial charge in [-0.05, 0) is 0 Å². The molecule has 0 amide bonds. The quantitative estimate of drug-likeness (QED) is 0.424. The van der Waals surface area contributed by atoms with Crippen molar-refractivity contribution in [2.45, 2.75) is 0 Å². The summed E-state index contributed by atoms with van der Waals surface area (Å²) >= 11 is 0. The van der Waals surface area contributed by atoms with Crippen LogP contribution in [0.4, 0.5) is 0 Å². The van der Waals surface area contributed by atoms with E-state index in [0.29, 0.717) is 0 Å². The fourth-order valence-electron chi connectivity index (χ4n) is 0. The molecule has 0 aliphatic heterocycles. The van der Waals surface area contributed by atoms with Crippen LogP contribution in [0.3, 0.4) is 0 Å². The predicted octanol–water partition coefficient (Wildman–Crippen LogP) is -0.924. The van der Waals surface area contributed by atoms with Crippen LogP contribution in [0, 0.1) is 0 Å². The molecular weight excluding hydrogens is 179 g/mol. The van der Waals surface area contributed by atoms with Gasteiger partial charge in [-0.15, -0.1) is 0 Å². The van der Waals surface area contributed by atoms with Crippen molar-refractivity contribution in [3.63, 3.8) is 0 Å². The first-order valence-electron chi connectivity index (χ1n) is 0. The molecule has 0 aromatic carbocycles. The first-order chi connectivity index (χ1) is 0. The summed E-state index contributed by atoms with van der Waals surface area (Å²) in [6, 6.07) is 0. The molecule has 0 bridgehead atoms. The van der Waals surface area contributed by atoms with E-state index in [1.54, 1.807) is 0 Å². The van der Waals surface area contributed by atoms with Gasteiger partial charge in [0.05, 0.1) is 0 Å². The van der Waals surface area contributed by atoms with Crippen molar-refractivity contribution in [2.75, 3.05) is 0 Å². The minimum Gasteiger partial charge on any atom is 0 e. The van der Waals surface area contributed by atoms with Gasteiger partial charge in [0.2, 0.25) is 0 Å². The van der Waals surface area contributed by atoms with Gasteiger partial charge >= 0.3 is 10.1 Å². The molecule has 0 aromatic heterocycles. The van der Waals surface area contributed by atoms with Gasteiger partial charge in [0, 0.05) is 55.3 Å². The Morgan fingerprint density at radius 2 is 1.00 bits per heavy atom. The van der Waals surface area contributed by atoms with E-state index in [4.69, 9.17) is 0 Å². The van der Waals surface area contributed by atoms with Crippen molar-refractivity contribution in [1.82, 2.24) is 0 Å². The number of hydrogen-bond acceptors (Lipinski definition) is 0. The minimum absolute atomic E-state index is 0. The van der Waals surface area contributed by atoms with Gasteiger partial charge in [-0.25, -0.2) is 0 Å². The third-order valence-electron chi connectivity index (χ3n) is 0. The molecule has 0 rings (SSSR count). The second kappa shape index (κ2) is 20.7. The van der Waals surface area contributed by atoms with Gasteiger partial charge in [0.1, 0.15) is 0 Å². The second-order valence-electron chi connectivity index (χ2n) is 0. The van der Waals surface area contributed by atoms with E-state index >= 15 is 0 Å². The zero-order chi connectivity index (χ0) is 0. The molecule has 0 saturated carbocycles. The molecule has 0 heterocycles. The van der Waals surface area contributed by atoms with E-state index in [1.165, 1.54) is 0 Å². The summed E-state index contributed by atoms with van der Waals surface area (Å²) in [4.78, 5) is 0. The molecule has 0 aliphatic carbocycles. The Balaban J connectivity index is 0. The Labute approximate surface area is 65.0 Å². The van der Waals surface area contributed by atoms with Crippen molar-refractivity contribution in [1.29, 1.82) is 0 Å². The summed E-state index contributed by atoms with van der Waals surface area (Å²) < 4.78 is 0. The van der Waals surface area contributed by atoms with Gasteiger partial charge in [-0.3, -0.25) is 0 Å². The first-order valence-corrected chi connectivity index (χ1v) is 0. The second-order valence-corrected chi connectivity index (χ2v) is 0. The summed E-state index contributed by atoms with van der Waals surface area (Å²) in [7, 11) is 0. The molecule has 0 aromatic rings. The van der Waals surface area contributed by atoms with E-state index < -0.39 is 0 Å². The monoisotopic (exact) mass is 180 g/mol. The molecular formula is H2BeCuNiTi. The summed E-state index contributed by atoms with van der Waals surface area (Å²) in [6.45, 7) is 0. The van der Waals surface area contributed by atoms with Crippen molar-refractivity contribution in [2.24, 2.45) is 0 Å². The molecule has 0 aliphatic rings. The molecule has 0 saturated heterocycles. The van der Waals surface area contributed by atoms with Crippen LogP contribution in [-0.4, -0.2) is 10.1 Å². The van der Waals surface area contributed by atoms with Gasteiger partial charge in [0.25, 0.3) is 0 Å². The van der Waals surface area contributed by atoms with Crippen LogP contribution < -0.4 is 0 Å². The fourth-order valence-corrected chi connectivity index (χ4v) is 0. The van der Waals surface area contributed by atoms with E-state index in [2.05, 4.69) is 0 Å². The topological polar surface area (TPSA) is 0 Å². The average molecular weight is 181 g/mol. The largest absolute Gasteiger partial charge is 0 e. The van der Waals surface area contributed by atoms with E-state index in [-0.39, 0.29) is 65.4 Å². The van der Waals surface area contributed by atoms with E-state index in [0.717, 1.165) is 0 Å². The van der Waals surface area contributed by atoms with E-state index in [9.17, 15) is 0 Å². The molecule has 4 heavy (non-hydrogen) atoms. The third-order valence-corrected chi connectivity index (χ3v) is 0. The SMILES string of the molecule is [BeH2].[Cu].[Ni].[Ti]. The van der Waals surface area contributed by atoms with Gasteiger partial charge in [-0.1, -0.05) is 0 Å². The van der Waals surface area contributed by atoms with Crippen molar-refractivity contribution < 1.29 is 55.3 Å². The maximum Gasteiger partial charge on any atom is 0 e. The van der Waals surface area contributed by atoms with Gasteiger partial charge in [0.15, 0.2) is 0 Å². The Kier molecular flexibility index (Phi) is 203. The summed E-state index contributed by atoms with van der Waals surface area (Å²) in [5.74, 6) is 0. The summed E-state index contributed by atoms with van der Waals surface area (Å²) in [6.07, 6.45) is 0. The Morgan fingerprint density at radius 1 is 1.00 bits per heavy atom. The van der Waals surface area contributed by atoms with Crippen LogP contribution in [-0.2, 0) is 55.3 Å². The van der Waals surface area contributed by atoms with Crippen LogP contribution >= 0.6 is 0 Å². The maximum absolute atomic E-state index is 0. The summed E-state index contributed by atoms with van der Waals surface area (Å²) in [5.41, 5.74) is 0. The molecule has 0 unspecified atom stereocenters. The molecule has 0 fully saturated rings. The van der Waals surface area contributed by atoms with Crippen molar-refractivity contribution >= 4 is 10.1 Å². The Morgan fingerprint density at radius 3 is 1.00 bits per heavy atom. The summed E-state index contributed by atoms with van der Waals surface area (Å²) in [5, 5.41) is 0. The smallest absolute Gasteiger partial charge is 0 e. The zero-order valence-electron chi connectivity index (χ0n) is 1.12. The van der Waals surface area contributed by atoms with Crippen LogP contribution in [0.25, 0.3) is 0 Å². The van der Waals surface area contributed by atoms with Crippen LogP contribution in [0.1, 0.15) is 0 Å². The molecule has 0 spiro atoms. The fraction of sp³-hybridized carbons (Fsp3) is 0. The van der Waals surface area contributed by atoms with Crippen molar-refractivity contribution in [3.05, 3.63) is 0 Å². The number of rotatable bonds is 0. The Bertz CT molecular complexity index is 8.00. The molecule has 1 radical (unpaired) electrons. The maximum atomic E-state index is 0. The van der Waals surface area contributed by atoms with Crippen LogP contribution in [0.5, 0.6) is 0 Å². The molecule has 0 nitrogen and oxygen atoms in total. The van der Waals surface area contributed by atoms with E-state index in [1.807, 2.05) is 0 Å². The molecule has 0 atom stereocenters. The zero-order valence-corrected chi connectivity index (χ0v) is 4.61. The minimum atomic E-state index is 0. The molecule has 29 valence electrons. The third kappa shape index (κ3) is 9.09. The standard InChI is InChI=1S/Be.Cu.Ni.Ti.2H. The molecule has 4 heteroatoms. The predicted molar refractivity (Wildman–Crippen MR) is 8.54 cm³/mol.